The molecule has 21 heavy (non-hydrogen) atoms. The number of thiazole rings is 1. The Hall–Kier alpha value is -2.40. The lowest BCUT2D eigenvalue weighted by Crippen LogP contribution is -2.28. The number of rotatable bonds is 4. The Labute approximate surface area is 127 Å². The lowest BCUT2D eigenvalue weighted by atomic mass is 10.2. The van der Waals surface area contributed by atoms with E-state index >= 15 is 0 Å². The van der Waals surface area contributed by atoms with Crippen molar-refractivity contribution >= 4 is 22.4 Å². The fourth-order valence-electron chi connectivity index (χ4n) is 2.17. The van der Waals surface area contributed by atoms with Gasteiger partial charge in [0.15, 0.2) is 5.13 Å². The van der Waals surface area contributed by atoms with Crippen LogP contribution in [0.2, 0.25) is 0 Å². The van der Waals surface area contributed by atoms with Crippen LogP contribution in [0.25, 0.3) is 0 Å². The normalized spacial score (nSPS) is 10.5. The third-order valence-corrected chi connectivity index (χ3v) is 4.10. The lowest BCUT2D eigenvalue weighted by molar-refractivity contribution is 0.0984. The molecule has 0 aliphatic heterocycles. The zero-order valence-corrected chi connectivity index (χ0v) is 12.5. The maximum Gasteiger partial charge on any atom is 0.276 e. The van der Waals surface area contributed by atoms with E-state index in [0.29, 0.717) is 17.4 Å². The monoisotopic (exact) mass is 297 g/mol. The van der Waals surface area contributed by atoms with Crippen molar-refractivity contribution in [1.29, 1.82) is 0 Å². The predicted octanol–water partition coefficient (Wildman–Crippen LogP) is 3.27. The number of benzene rings is 1. The van der Waals surface area contributed by atoms with Gasteiger partial charge >= 0.3 is 0 Å². The minimum Gasteiger partial charge on any atom is -0.339 e. The van der Waals surface area contributed by atoms with E-state index in [9.17, 15) is 4.79 Å². The Balaban J connectivity index is 1.83. The molecule has 106 valence electrons. The van der Waals surface area contributed by atoms with E-state index < -0.39 is 0 Å². The number of carbonyl (C=O) groups excluding carboxylic acids is 1. The first-order valence-corrected chi connectivity index (χ1v) is 7.50. The van der Waals surface area contributed by atoms with Gasteiger partial charge in [-0.05, 0) is 17.7 Å². The molecule has 3 rings (SSSR count). The molecule has 0 saturated carbocycles. The number of amides is 1. The van der Waals surface area contributed by atoms with Crippen molar-refractivity contribution in [2.45, 2.75) is 6.54 Å². The number of hydrogen-bond acceptors (Lipinski definition) is 3. The number of carbonyl (C=O) groups is 1. The summed E-state index contributed by atoms with van der Waals surface area (Å²) in [5.41, 5.74) is 1.83. The van der Waals surface area contributed by atoms with E-state index in [4.69, 9.17) is 0 Å². The second-order valence-corrected chi connectivity index (χ2v) is 5.56. The van der Waals surface area contributed by atoms with Crippen molar-refractivity contribution in [2.75, 3.05) is 11.9 Å². The predicted molar refractivity (Wildman–Crippen MR) is 84.8 cm³/mol. The first kappa shape index (κ1) is 13.6. The fourth-order valence-corrected chi connectivity index (χ4v) is 2.77. The highest BCUT2D eigenvalue weighted by Crippen LogP contribution is 2.19. The van der Waals surface area contributed by atoms with Gasteiger partial charge in [-0.3, -0.25) is 9.69 Å². The number of anilines is 1. The van der Waals surface area contributed by atoms with Crippen LogP contribution in [0.15, 0.2) is 60.2 Å². The maximum absolute atomic E-state index is 12.6. The number of hydrogen-bond donors (Lipinski definition) is 0. The van der Waals surface area contributed by atoms with E-state index in [-0.39, 0.29) is 5.91 Å². The molecule has 4 nitrogen and oxygen atoms in total. The van der Waals surface area contributed by atoms with Gasteiger partial charge in [0.2, 0.25) is 0 Å². The van der Waals surface area contributed by atoms with Gasteiger partial charge in [0.05, 0.1) is 0 Å². The molecular weight excluding hydrogens is 282 g/mol. The zero-order valence-electron chi connectivity index (χ0n) is 11.6. The van der Waals surface area contributed by atoms with Crippen LogP contribution in [0.3, 0.4) is 0 Å². The molecule has 1 aromatic carbocycles. The Morgan fingerprint density at radius 2 is 2.05 bits per heavy atom. The average Bonchev–Trinajstić information content (AvgIpc) is 3.18. The second-order valence-electron chi connectivity index (χ2n) is 4.69. The summed E-state index contributed by atoms with van der Waals surface area (Å²) in [6.45, 7) is 0.681. The van der Waals surface area contributed by atoms with E-state index in [2.05, 4.69) is 17.1 Å². The van der Waals surface area contributed by atoms with Gasteiger partial charge in [0, 0.05) is 31.4 Å². The summed E-state index contributed by atoms with van der Waals surface area (Å²) in [6.07, 6.45) is 3.63. The van der Waals surface area contributed by atoms with Crippen molar-refractivity contribution in [3.05, 3.63) is 71.5 Å². The van der Waals surface area contributed by atoms with E-state index in [0.717, 1.165) is 0 Å². The van der Waals surface area contributed by atoms with Gasteiger partial charge in [0.25, 0.3) is 5.91 Å². The first-order chi connectivity index (χ1) is 10.3. The quantitative estimate of drug-likeness (QED) is 0.741. The van der Waals surface area contributed by atoms with Crippen molar-refractivity contribution in [3.8, 4) is 0 Å². The van der Waals surface area contributed by atoms with Gasteiger partial charge in [0.1, 0.15) is 5.69 Å². The van der Waals surface area contributed by atoms with E-state index in [1.165, 1.54) is 16.9 Å². The molecule has 0 saturated heterocycles. The first-order valence-electron chi connectivity index (χ1n) is 6.62. The molecule has 0 aliphatic rings. The van der Waals surface area contributed by atoms with Gasteiger partial charge in [-0.15, -0.1) is 11.3 Å². The van der Waals surface area contributed by atoms with E-state index in [1.54, 1.807) is 18.1 Å². The van der Waals surface area contributed by atoms with Crippen LogP contribution in [-0.2, 0) is 6.54 Å². The van der Waals surface area contributed by atoms with Crippen LogP contribution >= 0.6 is 11.3 Å². The summed E-state index contributed by atoms with van der Waals surface area (Å²) in [4.78, 5) is 18.3. The Morgan fingerprint density at radius 3 is 2.76 bits per heavy atom. The highest BCUT2D eigenvalue weighted by Gasteiger charge is 2.18. The summed E-state index contributed by atoms with van der Waals surface area (Å²) in [5, 5.41) is 2.56. The smallest absolute Gasteiger partial charge is 0.276 e. The van der Waals surface area contributed by atoms with Crippen molar-refractivity contribution in [1.82, 2.24) is 9.55 Å². The van der Waals surface area contributed by atoms with Gasteiger partial charge in [-0.2, -0.15) is 0 Å². The topological polar surface area (TPSA) is 38.1 Å². The van der Waals surface area contributed by atoms with Gasteiger partial charge in [-0.1, -0.05) is 30.3 Å². The zero-order chi connectivity index (χ0) is 14.7. The molecule has 0 atom stereocenters. The minimum absolute atomic E-state index is 0.0501. The Kier molecular flexibility index (Phi) is 3.83. The lowest BCUT2D eigenvalue weighted by Gasteiger charge is -2.15. The fraction of sp³-hybridized carbons (Fsp3) is 0.125. The Bertz CT molecular complexity index is 719. The average molecular weight is 297 g/mol. The standard InChI is InChI=1S/C16H15N3OS/c1-18(16-17-9-11-21-16)15(20)14-8-5-10-19(14)12-13-6-3-2-4-7-13/h2-11H,12H2,1H3. The van der Waals surface area contributed by atoms with Crippen LogP contribution in [0.1, 0.15) is 16.1 Å². The molecule has 2 heterocycles. The minimum atomic E-state index is -0.0501. The highest BCUT2D eigenvalue weighted by molar-refractivity contribution is 7.13. The SMILES string of the molecule is CN(C(=O)c1cccn1Cc1ccccc1)c1nccs1. The third kappa shape index (κ3) is 2.87. The maximum atomic E-state index is 12.6. The molecule has 1 amide bonds. The van der Waals surface area contributed by atoms with Crippen molar-refractivity contribution in [2.24, 2.45) is 0 Å². The van der Waals surface area contributed by atoms with Gasteiger partial charge < -0.3 is 4.57 Å². The van der Waals surface area contributed by atoms with Crippen molar-refractivity contribution < 1.29 is 4.79 Å². The molecular formula is C16H15N3OS. The molecule has 0 bridgehead atoms. The van der Waals surface area contributed by atoms with Crippen LogP contribution in [-0.4, -0.2) is 22.5 Å². The molecule has 0 fully saturated rings. The summed E-state index contributed by atoms with van der Waals surface area (Å²) >= 11 is 1.45. The summed E-state index contributed by atoms with van der Waals surface area (Å²) < 4.78 is 1.96. The highest BCUT2D eigenvalue weighted by atomic mass is 32.1. The molecule has 0 N–H and O–H groups in total. The number of aromatic nitrogens is 2. The summed E-state index contributed by atoms with van der Waals surface area (Å²) in [6, 6.07) is 13.8. The summed E-state index contributed by atoms with van der Waals surface area (Å²) in [5.74, 6) is -0.0501. The molecule has 0 aliphatic carbocycles. The third-order valence-electron chi connectivity index (χ3n) is 3.26. The molecule has 0 spiro atoms. The molecule has 5 heteroatoms. The largest absolute Gasteiger partial charge is 0.339 e. The van der Waals surface area contributed by atoms with E-state index in [1.807, 2.05) is 46.5 Å². The van der Waals surface area contributed by atoms with Crippen LogP contribution in [0.5, 0.6) is 0 Å². The van der Waals surface area contributed by atoms with Crippen LogP contribution in [0.4, 0.5) is 5.13 Å². The van der Waals surface area contributed by atoms with Crippen molar-refractivity contribution in [3.63, 3.8) is 0 Å². The second kappa shape index (κ2) is 5.93. The molecule has 0 unspecified atom stereocenters. The molecule has 2 aromatic heterocycles. The number of nitrogens with zero attached hydrogens (tertiary/aromatic N) is 3. The summed E-state index contributed by atoms with van der Waals surface area (Å²) in [7, 11) is 1.75. The van der Waals surface area contributed by atoms with Crippen LogP contribution in [0, 0.1) is 0 Å². The Morgan fingerprint density at radius 1 is 1.24 bits per heavy atom. The molecule has 3 aromatic rings. The molecule has 0 radical (unpaired) electrons. The van der Waals surface area contributed by atoms with Crippen LogP contribution < -0.4 is 4.90 Å². The van der Waals surface area contributed by atoms with Gasteiger partial charge in [-0.25, -0.2) is 4.98 Å².